The first-order chi connectivity index (χ1) is 9.47. The Morgan fingerprint density at radius 1 is 1.40 bits per heavy atom. The van der Waals surface area contributed by atoms with Gasteiger partial charge < -0.3 is 14.9 Å². The number of aromatic nitrogens is 2. The molecule has 3 heterocycles. The average Bonchev–Trinajstić information content (AvgIpc) is 2.68. The van der Waals surface area contributed by atoms with E-state index < -0.39 is 6.09 Å². The Morgan fingerprint density at radius 2 is 2.15 bits per heavy atom. The van der Waals surface area contributed by atoms with Crippen LogP contribution in [0.15, 0.2) is 11.8 Å². The van der Waals surface area contributed by atoms with E-state index in [9.17, 15) is 9.59 Å². The third-order valence-corrected chi connectivity index (χ3v) is 3.71. The molecule has 1 aromatic rings. The average molecular weight is 276 g/mol. The lowest BCUT2D eigenvalue weighted by Crippen LogP contribution is -2.35. The van der Waals surface area contributed by atoms with Crippen molar-refractivity contribution in [3.05, 3.63) is 28.7 Å². The van der Waals surface area contributed by atoms with Crippen LogP contribution < -0.4 is 0 Å². The molecular weight excluding hydrogens is 260 g/mol. The molecule has 0 bridgehead atoms. The first-order valence-corrected chi connectivity index (χ1v) is 6.48. The van der Waals surface area contributed by atoms with Gasteiger partial charge >= 0.3 is 6.09 Å². The summed E-state index contributed by atoms with van der Waals surface area (Å²) in [5.41, 5.74) is 3.14. The normalized spacial score (nSPS) is 18.3. The van der Waals surface area contributed by atoms with E-state index in [-0.39, 0.29) is 12.5 Å². The summed E-state index contributed by atoms with van der Waals surface area (Å²) in [6.45, 7) is 3.17. The van der Waals surface area contributed by atoms with Crippen molar-refractivity contribution < 1.29 is 14.7 Å². The molecule has 7 nitrogen and oxygen atoms in total. The molecule has 106 valence electrons. The molecule has 0 saturated carbocycles. The topological polar surface area (TPSA) is 78.7 Å². The van der Waals surface area contributed by atoms with Gasteiger partial charge in [0.1, 0.15) is 5.69 Å². The van der Waals surface area contributed by atoms with Crippen LogP contribution in [0.3, 0.4) is 0 Å². The van der Waals surface area contributed by atoms with Crippen LogP contribution in [0, 0.1) is 0 Å². The number of hydrogen-bond acceptors (Lipinski definition) is 3. The third-order valence-electron chi connectivity index (χ3n) is 3.71. The van der Waals surface area contributed by atoms with Crippen molar-refractivity contribution in [1.29, 1.82) is 0 Å². The molecule has 0 radical (unpaired) electrons. The summed E-state index contributed by atoms with van der Waals surface area (Å²) in [4.78, 5) is 26.4. The number of amides is 2. The van der Waals surface area contributed by atoms with Crippen molar-refractivity contribution in [1.82, 2.24) is 19.6 Å². The summed E-state index contributed by atoms with van der Waals surface area (Å²) in [5.74, 6) is -0.136. The summed E-state index contributed by atoms with van der Waals surface area (Å²) in [7, 11) is 1.71. The Bertz CT molecular complexity index is 632. The van der Waals surface area contributed by atoms with Crippen LogP contribution in [-0.2, 0) is 19.5 Å². The predicted octanol–water partition coefficient (Wildman–Crippen LogP) is 0.909. The van der Waals surface area contributed by atoms with Gasteiger partial charge in [0.15, 0.2) is 0 Å². The molecule has 0 atom stereocenters. The van der Waals surface area contributed by atoms with Gasteiger partial charge in [0.05, 0.1) is 18.8 Å². The van der Waals surface area contributed by atoms with Crippen molar-refractivity contribution in [2.45, 2.75) is 26.4 Å². The Hall–Kier alpha value is -2.31. The van der Waals surface area contributed by atoms with Crippen LogP contribution in [0.4, 0.5) is 4.79 Å². The Morgan fingerprint density at radius 3 is 2.85 bits per heavy atom. The highest BCUT2D eigenvalue weighted by Crippen LogP contribution is 2.25. The van der Waals surface area contributed by atoms with Crippen LogP contribution in [0.5, 0.6) is 0 Å². The molecule has 0 aromatic carbocycles. The van der Waals surface area contributed by atoms with Crippen LogP contribution >= 0.6 is 0 Å². The molecule has 0 fully saturated rings. The van der Waals surface area contributed by atoms with Gasteiger partial charge in [-0.15, -0.1) is 0 Å². The number of nitrogens with zero attached hydrogens (tertiary/aromatic N) is 4. The molecule has 20 heavy (non-hydrogen) atoms. The second-order valence-electron chi connectivity index (χ2n) is 5.28. The highest BCUT2D eigenvalue weighted by molar-refractivity contribution is 5.95. The third kappa shape index (κ3) is 1.86. The van der Waals surface area contributed by atoms with Crippen LogP contribution in [0.25, 0.3) is 0 Å². The van der Waals surface area contributed by atoms with E-state index in [1.165, 1.54) is 9.80 Å². The number of carbonyl (C=O) groups excluding carboxylic acids is 1. The number of fused-ring (bicyclic) bond motifs is 3. The summed E-state index contributed by atoms with van der Waals surface area (Å²) >= 11 is 0. The van der Waals surface area contributed by atoms with Gasteiger partial charge in [0.2, 0.25) is 0 Å². The lowest BCUT2D eigenvalue weighted by atomic mass is 10.1. The minimum Gasteiger partial charge on any atom is -0.465 e. The van der Waals surface area contributed by atoms with Crippen LogP contribution in [-0.4, -0.2) is 50.3 Å². The largest absolute Gasteiger partial charge is 0.465 e. The van der Waals surface area contributed by atoms with Gasteiger partial charge in [-0.05, 0) is 12.5 Å². The van der Waals surface area contributed by atoms with Crippen molar-refractivity contribution in [2.24, 2.45) is 0 Å². The molecule has 0 saturated heterocycles. The lowest BCUT2D eigenvalue weighted by molar-refractivity contribution is 0.0838. The molecule has 0 unspecified atom stereocenters. The first-order valence-electron chi connectivity index (χ1n) is 6.48. The first kappa shape index (κ1) is 12.7. The van der Waals surface area contributed by atoms with Gasteiger partial charge in [0.25, 0.3) is 5.91 Å². The van der Waals surface area contributed by atoms with E-state index >= 15 is 0 Å². The fourth-order valence-electron chi connectivity index (χ4n) is 2.78. The van der Waals surface area contributed by atoms with E-state index in [1.54, 1.807) is 17.9 Å². The maximum Gasteiger partial charge on any atom is 0.407 e. The smallest absolute Gasteiger partial charge is 0.407 e. The second-order valence-corrected chi connectivity index (χ2v) is 5.28. The molecule has 1 aromatic heterocycles. The van der Waals surface area contributed by atoms with Crippen molar-refractivity contribution in [3.63, 3.8) is 0 Å². The molecule has 1 N–H and O–H groups in total. The van der Waals surface area contributed by atoms with Gasteiger partial charge in [-0.3, -0.25) is 9.48 Å². The summed E-state index contributed by atoms with van der Waals surface area (Å²) in [6, 6.07) is 0. The molecule has 0 spiro atoms. The van der Waals surface area contributed by atoms with Gasteiger partial charge in [-0.2, -0.15) is 5.10 Å². The zero-order valence-corrected chi connectivity index (χ0v) is 11.5. The molecule has 0 aliphatic carbocycles. The Kier molecular flexibility index (Phi) is 2.77. The van der Waals surface area contributed by atoms with Crippen molar-refractivity contribution in [3.8, 4) is 0 Å². The number of rotatable bonds is 0. The van der Waals surface area contributed by atoms with E-state index in [4.69, 9.17) is 5.11 Å². The maximum atomic E-state index is 12.4. The van der Waals surface area contributed by atoms with E-state index in [0.29, 0.717) is 25.2 Å². The maximum absolute atomic E-state index is 12.4. The fourth-order valence-corrected chi connectivity index (χ4v) is 2.78. The standard InChI is InChI=1S/C13H16N4O3/c1-8-5-15(2)12(18)11-9-7-16(13(19)20)4-3-10(9)14-17(11)6-8/h5H,3-4,6-7H2,1-2H3,(H,19,20). The highest BCUT2D eigenvalue weighted by atomic mass is 16.4. The summed E-state index contributed by atoms with van der Waals surface area (Å²) in [6.07, 6.45) is 1.39. The molecule has 2 aliphatic heterocycles. The Labute approximate surface area is 116 Å². The SMILES string of the molecule is CC1=CN(C)C(=O)c2c3c(nn2C1)CCN(C(=O)O)C3. The minimum atomic E-state index is -0.959. The fraction of sp³-hybridized carbons (Fsp3) is 0.462. The molecule has 3 rings (SSSR count). The van der Waals surface area contributed by atoms with Crippen LogP contribution in [0.2, 0.25) is 0 Å². The lowest BCUT2D eigenvalue weighted by Gasteiger charge is -2.24. The van der Waals surface area contributed by atoms with E-state index in [1.807, 2.05) is 6.92 Å². The minimum absolute atomic E-state index is 0.136. The Balaban J connectivity index is 2.07. The van der Waals surface area contributed by atoms with E-state index in [2.05, 4.69) is 5.10 Å². The van der Waals surface area contributed by atoms with Gasteiger partial charge in [-0.1, -0.05) is 0 Å². The number of carbonyl (C=O) groups is 2. The quantitative estimate of drug-likeness (QED) is 0.764. The zero-order valence-electron chi connectivity index (χ0n) is 11.5. The van der Waals surface area contributed by atoms with E-state index in [0.717, 1.165) is 16.8 Å². The number of carboxylic acid groups (broad SMARTS) is 1. The second kappa shape index (κ2) is 4.36. The monoisotopic (exact) mass is 276 g/mol. The molecule has 2 amide bonds. The molecule has 7 heteroatoms. The zero-order chi connectivity index (χ0) is 14.4. The summed E-state index contributed by atoms with van der Waals surface area (Å²) in [5, 5.41) is 13.6. The van der Waals surface area contributed by atoms with Gasteiger partial charge in [0, 0.05) is 31.8 Å². The van der Waals surface area contributed by atoms with Crippen LogP contribution in [0.1, 0.15) is 28.7 Å². The molecule has 2 aliphatic rings. The molecular formula is C13H16N4O3. The summed E-state index contributed by atoms with van der Waals surface area (Å²) < 4.78 is 1.70. The van der Waals surface area contributed by atoms with Crippen molar-refractivity contribution in [2.75, 3.05) is 13.6 Å². The predicted molar refractivity (Wildman–Crippen MR) is 70.2 cm³/mol. The van der Waals surface area contributed by atoms with Gasteiger partial charge in [-0.25, -0.2) is 4.79 Å². The number of hydrogen-bond donors (Lipinski definition) is 1. The van der Waals surface area contributed by atoms with Crippen molar-refractivity contribution >= 4 is 12.0 Å². The number of allylic oxidation sites excluding steroid dienone is 1. The highest BCUT2D eigenvalue weighted by Gasteiger charge is 2.32.